The van der Waals surface area contributed by atoms with Gasteiger partial charge in [0, 0.05) is 0 Å². The monoisotopic (exact) mass is 177 g/mol. The molecular formula is C12H19N. The summed E-state index contributed by atoms with van der Waals surface area (Å²) in [5, 5.41) is 0. The molecule has 0 unspecified atom stereocenters. The Labute approximate surface area is 81.3 Å². The Morgan fingerprint density at radius 3 is 2.15 bits per heavy atom. The molecule has 0 fully saturated rings. The molecule has 0 aliphatic heterocycles. The van der Waals surface area contributed by atoms with E-state index in [2.05, 4.69) is 56.0 Å². The molecule has 0 atom stereocenters. The molecule has 1 heteroatoms. The van der Waals surface area contributed by atoms with Gasteiger partial charge in [-0.1, -0.05) is 48.9 Å². The second kappa shape index (κ2) is 7.56. The summed E-state index contributed by atoms with van der Waals surface area (Å²) in [6.07, 6.45) is 5.43. The van der Waals surface area contributed by atoms with Crippen LogP contribution >= 0.6 is 0 Å². The van der Waals surface area contributed by atoms with Crippen molar-refractivity contribution in [3.05, 3.63) is 41.5 Å². The molecule has 0 bridgehead atoms. The second-order valence-corrected chi connectivity index (χ2v) is 2.72. The predicted octanol–water partition coefficient (Wildman–Crippen LogP) is 2.99. The third-order valence-electron chi connectivity index (χ3n) is 1.62. The van der Waals surface area contributed by atoms with Crippen molar-refractivity contribution in [1.29, 1.82) is 0 Å². The summed E-state index contributed by atoms with van der Waals surface area (Å²) >= 11 is 0. The Morgan fingerprint density at radius 1 is 1.15 bits per heavy atom. The maximum absolute atomic E-state index is 4.50. The molecule has 0 saturated carbocycles. The molecule has 1 rings (SSSR count). The number of allylic oxidation sites excluding steroid dienone is 1. The predicted molar refractivity (Wildman–Crippen MR) is 60.6 cm³/mol. The van der Waals surface area contributed by atoms with Gasteiger partial charge in [-0.3, -0.25) is 0 Å². The Morgan fingerprint density at radius 2 is 1.69 bits per heavy atom. The largest absolute Gasteiger partial charge is 0.333 e. The third kappa shape index (κ3) is 5.21. The number of hydrogen-bond donors (Lipinski definition) is 1. The molecule has 0 saturated heterocycles. The third-order valence-corrected chi connectivity index (χ3v) is 1.62. The zero-order valence-corrected chi connectivity index (χ0v) is 8.75. The summed E-state index contributed by atoms with van der Waals surface area (Å²) in [4.78, 5) is 0. The molecule has 13 heavy (non-hydrogen) atoms. The highest BCUT2D eigenvalue weighted by Gasteiger charge is 1.84. The quantitative estimate of drug-likeness (QED) is 0.738. The lowest BCUT2D eigenvalue weighted by molar-refractivity contribution is 1.23. The summed E-state index contributed by atoms with van der Waals surface area (Å²) in [6.45, 7) is 4.25. The smallest absolute Gasteiger partial charge is 0.0195 e. The number of hydrogen-bond acceptors (Lipinski definition) is 1. The van der Waals surface area contributed by atoms with Gasteiger partial charge in [-0.2, -0.15) is 0 Å². The van der Waals surface area contributed by atoms with Crippen molar-refractivity contribution in [3.8, 4) is 0 Å². The number of benzene rings is 1. The van der Waals surface area contributed by atoms with Crippen molar-refractivity contribution in [2.75, 3.05) is 7.05 Å². The summed E-state index contributed by atoms with van der Waals surface area (Å²) < 4.78 is 0. The van der Waals surface area contributed by atoms with Gasteiger partial charge < -0.3 is 5.73 Å². The first-order valence-electron chi connectivity index (χ1n) is 4.64. The molecule has 1 aromatic rings. The van der Waals surface area contributed by atoms with Crippen LogP contribution in [-0.2, 0) is 0 Å². The molecule has 0 aliphatic carbocycles. The molecular weight excluding hydrogens is 158 g/mol. The SMILES string of the molecule is CC/C=C\c1ccc(C)cc1.CN. The Balaban J connectivity index is 0.000000671. The molecule has 0 radical (unpaired) electrons. The van der Waals surface area contributed by atoms with Crippen LogP contribution in [0.4, 0.5) is 0 Å². The average molecular weight is 177 g/mol. The molecule has 0 spiro atoms. The Kier molecular flexibility index (Phi) is 6.93. The van der Waals surface area contributed by atoms with Crippen LogP contribution in [0.2, 0.25) is 0 Å². The van der Waals surface area contributed by atoms with E-state index in [9.17, 15) is 0 Å². The van der Waals surface area contributed by atoms with Crippen molar-refractivity contribution in [2.24, 2.45) is 5.73 Å². The van der Waals surface area contributed by atoms with Crippen LogP contribution in [0.5, 0.6) is 0 Å². The summed E-state index contributed by atoms with van der Waals surface area (Å²) in [7, 11) is 1.50. The number of rotatable bonds is 2. The van der Waals surface area contributed by atoms with E-state index in [-0.39, 0.29) is 0 Å². The Hall–Kier alpha value is -1.08. The molecule has 1 nitrogen and oxygen atoms in total. The zero-order chi connectivity index (χ0) is 10.1. The van der Waals surface area contributed by atoms with Crippen molar-refractivity contribution in [1.82, 2.24) is 0 Å². The van der Waals surface area contributed by atoms with Crippen molar-refractivity contribution >= 4 is 6.08 Å². The van der Waals surface area contributed by atoms with Crippen molar-refractivity contribution < 1.29 is 0 Å². The minimum Gasteiger partial charge on any atom is -0.333 e. The lowest BCUT2D eigenvalue weighted by Crippen LogP contribution is -1.72. The van der Waals surface area contributed by atoms with Gasteiger partial charge in [0.1, 0.15) is 0 Å². The van der Waals surface area contributed by atoms with E-state index in [1.165, 1.54) is 18.2 Å². The van der Waals surface area contributed by atoms with Gasteiger partial charge in [-0.25, -0.2) is 0 Å². The zero-order valence-electron chi connectivity index (χ0n) is 8.75. The van der Waals surface area contributed by atoms with Gasteiger partial charge >= 0.3 is 0 Å². The maximum atomic E-state index is 4.50. The van der Waals surface area contributed by atoms with E-state index in [1.807, 2.05) is 0 Å². The molecule has 72 valence electrons. The van der Waals surface area contributed by atoms with Crippen LogP contribution < -0.4 is 5.73 Å². The van der Waals surface area contributed by atoms with E-state index in [0.717, 1.165) is 6.42 Å². The number of aryl methyl sites for hydroxylation is 1. The van der Waals surface area contributed by atoms with Crippen molar-refractivity contribution in [2.45, 2.75) is 20.3 Å². The normalized spacial score (nSPS) is 9.54. The van der Waals surface area contributed by atoms with E-state index < -0.39 is 0 Å². The summed E-state index contributed by atoms with van der Waals surface area (Å²) in [5.41, 5.74) is 7.11. The first-order valence-corrected chi connectivity index (χ1v) is 4.64. The second-order valence-electron chi connectivity index (χ2n) is 2.72. The minimum absolute atomic E-state index is 1.11. The average Bonchev–Trinajstić information content (AvgIpc) is 2.20. The van der Waals surface area contributed by atoms with Crippen LogP contribution in [-0.4, -0.2) is 7.05 Å². The fourth-order valence-electron chi connectivity index (χ4n) is 0.931. The van der Waals surface area contributed by atoms with E-state index in [1.54, 1.807) is 0 Å². The van der Waals surface area contributed by atoms with Gasteiger partial charge in [0.05, 0.1) is 0 Å². The van der Waals surface area contributed by atoms with Gasteiger partial charge in [0.15, 0.2) is 0 Å². The van der Waals surface area contributed by atoms with Gasteiger partial charge in [0.2, 0.25) is 0 Å². The lowest BCUT2D eigenvalue weighted by Gasteiger charge is -1.93. The van der Waals surface area contributed by atoms with Crippen LogP contribution in [0.15, 0.2) is 30.3 Å². The van der Waals surface area contributed by atoms with E-state index >= 15 is 0 Å². The molecule has 0 aliphatic rings. The first kappa shape index (κ1) is 11.9. The van der Waals surface area contributed by atoms with Gasteiger partial charge in [-0.05, 0) is 26.0 Å². The van der Waals surface area contributed by atoms with Crippen LogP contribution in [0.3, 0.4) is 0 Å². The number of nitrogens with two attached hydrogens (primary N) is 1. The molecule has 0 aromatic heterocycles. The maximum Gasteiger partial charge on any atom is -0.0195 e. The highest BCUT2D eigenvalue weighted by molar-refractivity contribution is 5.49. The molecule has 0 amide bonds. The standard InChI is InChI=1S/C11H14.CH5N/c1-3-4-5-11-8-6-10(2)7-9-11;1-2/h4-9H,3H2,1-2H3;2H2,1H3/b5-4-;. The topological polar surface area (TPSA) is 26.0 Å². The minimum atomic E-state index is 1.11. The van der Waals surface area contributed by atoms with Crippen LogP contribution in [0, 0.1) is 6.92 Å². The van der Waals surface area contributed by atoms with Gasteiger partial charge in [0.25, 0.3) is 0 Å². The molecule has 0 heterocycles. The highest BCUT2D eigenvalue weighted by atomic mass is 14.4. The van der Waals surface area contributed by atoms with Crippen molar-refractivity contribution in [3.63, 3.8) is 0 Å². The van der Waals surface area contributed by atoms with Crippen LogP contribution in [0.25, 0.3) is 6.08 Å². The summed E-state index contributed by atoms with van der Waals surface area (Å²) in [5.74, 6) is 0. The fraction of sp³-hybridized carbons (Fsp3) is 0.333. The molecule has 2 N–H and O–H groups in total. The van der Waals surface area contributed by atoms with E-state index in [0.29, 0.717) is 0 Å². The van der Waals surface area contributed by atoms with Crippen LogP contribution in [0.1, 0.15) is 24.5 Å². The fourth-order valence-corrected chi connectivity index (χ4v) is 0.931. The first-order chi connectivity index (χ1) is 6.33. The van der Waals surface area contributed by atoms with Gasteiger partial charge in [-0.15, -0.1) is 0 Å². The lowest BCUT2D eigenvalue weighted by atomic mass is 10.1. The Bertz CT molecular complexity index is 234. The highest BCUT2D eigenvalue weighted by Crippen LogP contribution is 2.04. The molecule has 1 aromatic carbocycles. The van der Waals surface area contributed by atoms with E-state index in [4.69, 9.17) is 0 Å². The summed E-state index contributed by atoms with van der Waals surface area (Å²) in [6, 6.07) is 8.55.